The minimum Gasteiger partial charge on any atom is -0.461 e. The second-order valence-corrected chi connectivity index (χ2v) is 6.76. The van der Waals surface area contributed by atoms with Crippen LogP contribution in [0, 0.1) is 11.8 Å². The quantitative estimate of drug-likeness (QED) is 0.518. The van der Waals surface area contributed by atoms with Crippen LogP contribution in [-0.2, 0) is 19.1 Å². The molecule has 0 radical (unpaired) electrons. The van der Waals surface area contributed by atoms with Crippen molar-refractivity contribution in [3.63, 3.8) is 0 Å². The minimum absolute atomic E-state index is 0.00213. The molecule has 0 aromatic carbocycles. The number of rotatable bonds is 0. The van der Waals surface area contributed by atoms with Crippen LogP contribution in [0.15, 0.2) is 11.6 Å². The zero-order valence-electron chi connectivity index (χ0n) is 13.2. The maximum atomic E-state index is 12.4. The lowest BCUT2D eigenvalue weighted by Crippen LogP contribution is -2.48. The van der Waals surface area contributed by atoms with Crippen LogP contribution in [0.3, 0.4) is 0 Å². The lowest BCUT2D eigenvalue weighted by molar-refractivity contribution is -0.171. The molecule has 3 heterocycles. The van der Waals surface area contributed by atoms with Gasteiger partial charge in [0.2, 0.25) is 0 Å². The highest BCUT2D eigenvalue weighted by molar-refractivity contribution is 5.78. The Morgan fingerprint density at radius 2 is 1.95 bits per heavy atom. The van der Waals surface area contributed by atoms with Crippen molar-refractivity contribution >= 4 is 11.9 Å². The van der Waals surface area contributed by atoms with E-state index in [-0.39, 0.29) is 18.8 Å². The van der Waals surface area contributed by atoms with Gasteiger partial charge < -0.3 is 14.6 Å². The van der Waals surface area contributed by atoms with E-state index in [9.17, 15) is 14.7 Å². The number of esters is 2. The highest BCUT2D eigenvalue weighted by Gasteiger charge is 2.48. The lowest BCUT2D eigenvalue weighted by Gasteiger charge is -2.33. The van der Waals surface area contributed by atoms with Crippen molar-refractivity contribution in [2.24, 2.45) is 11.8 Å². The van der Waals surface area contributed by atoms with Crippen molar-refractivity contribution in [3.8, 4) is 0 Å². The molecular formula is C16H23NO5. The molecule has 3 aliphatic rings. The first-order chi connectivity index (χ1) is 10.3. The normalized spacial score (nSPS) is 43.0. The number of hydrogen-bond acceptors (Lipinski definition) is 6. The van der Waals surface area contributed by atoms with Crippen LogP contribution in [0.5, 0.6) is 0 Å². The molecule has 0 aromatic rings. The fourth-order valence-corrected chi connectivity index (χ4v) is 3.51. The van der Waals surface area contributed by atoms with E-state index < -0.39 is 29.4 Å². The molecule has 5 atom stereocenters. The predicted octanol–water partition coefficient (Wildman–Crippen LogP) is 0.492. The molecule has 6 heteroatoms. The fourth-order valence-electron chi connectivity index (χ4n) is 3.51. The molecule has 1 unspecified atom stereocenters. The SMILES string of the molecule is CC1C(=O)OCC2=CCN3CC[C@@H](OC(=O)[C@@H](C)[C@]1(C)O)[C@@H]23. The Hall–Kier alpha value is -1.40. The van der Waals surface area contributed by atoms with Crippen molar-refractivity contribution in [2.45, 2.75) is 44.9 Å². The fraction of sp³-hybridized carbons (Fsp3) is 0.750. The number of nitrogens with zero attached hydrogens (tertiary/aromatic N) is 1. The highest BCUT2D eigenvalue weighted by atomic mass is 16.6. The van der Waals surface area contributed by atoms with E-state index in [4.69, 9.17) is 9.47 Å². The van der Waals surface area contributed by atoms with Crippen molar-refractivity contribution in [2.75, 3.05) is 19.7 Å². The third kappa shape index (κ3) is 2.34. The zero-order valence-corrected chi connectivity index (χ0v) is 13.2. The van der Waals surface area contributed by atoms with Gasteiger partial charge in [0.05, 0.1) is 23.5 Å². The average molecular weight is 309 g/mol. The molecule has 0 spiro atoms. The van der Waals surface area contributed by atoms with Gasteiger partial charge in [0, 0.05) is 13.1 Å². The van der Waals surface area contributed by atoms with Crippen LogP contribution < -0.4 is 0 Å². The van der Waals surface area contributed by atoms with Gasteiger partial charge in [-0.15, -0.1) is 0 Å². The van der Waals surface area contributed by atoms with Gasteiger partial charge in [-0.25, -0.2) is 0 Å². The number of hydrogen-bond donors (Lipinski definition) is 1. The van der Waals surface area contributed by atoms with Crippen LogP contribution in [-0.4, -0.2) is 59.4 Å². The minimum atomic E-state index is -1.50. The largest absolute Gasteiger partial charge is 0.461 e. The Morgan fingerprint density at radius 3 is 2.68 bits per heavy atom. The maximum absolute atomic E-state index is 12.4. The molecule has 0 amide bonds. The molecule has 122 valence electrons. The van der Waals surface area contributed by atoms with Crippen molar-refractivity contribution in [1.82, 2.24) is 4.90 Å². The summed E-state index contributed by atoms with van der Waals surface area (Å²) in [6.45, 7) is 6.53. The summed E-state index contributed by atoms with van der Waals surface area (Å²) >= 11 is 0. The summed E-state index contributed by atoms with van der Waals surface area (Å²) in [5, 5.41) is 10.6. The van der Waals surface area contributed by atoms with Gasteiger partial charge in [0.1, 0.15) is 12.7 Å². The number of carbonyl (C=O) groups is 2. The first kappa shape index (κ1) is 15.5. The van der Waals surface area contributed by atoms with E-state index in [0.29, 0.717) is 0 Å². The molecule has 1 N–H and O–H groups in total. The molecule has 0 aliphatic carbocycles. The van der Waals surface area contributed by atoms with Crippen LogP contribution in [0.4, 0.5) is 0 Å². The summed E-state index contributed by atoms with van der Waals surface area (Å²) in [5.74, 6) is -2.53. The van der Waals surface area contributed by atoms with Crippen molar-refractivity contribution in [3.05, 3.63) is 11.6 Å². The smallest absolute Gasteiger partial charge is 0.311 e. The van der Waals surface area contributed by atoms with E-state index >= 15 is 0 Å². The van der Waals surface area contributed by atoms with Crippen LogP contribution in [0.25, 0.3) is 0 Å². The topological polar surface area (TPSA) is 76.1 Å². The summed E-state index contributed by atoms with van der Waals surface area (Å²) in [5.41, 5.74) is -0.509. The van der Waals surface area contributed by atoms with Crippen LogP contribution in [0.2, 0.25) is 0 Å². The third-order valence-corrected chi connectivity index (χ3v) is 5.52. The zero-order chi connectivity index (χ0) is 16.1. The Labute approximate surface area is 130 Å². The molecule has 0 bridgehead atoms. The van der Waals surface area contributed by atoms with Gasteiger partial charge in [0.15, 0.2) is 0 Å². The molecular weight excluding hydrogens is 286 g/mol. The molecule has 6 nitrogen and oxygen atoms in total. The molecule has 3 aliphatic heterocycles. The Bertz CT molecular complexity index is 527. The number of cyclic esters (lactones) is 1. The summed E-state index contributed by atoms with van der Waals surface area (Å²) in [4.78, 5) is 26.8. The summed E-state index contributed by atoms with van der Waals surface area (Å²) in [6, 6.07) is 0.00213. The summed E-state index contributed by atoms with van der Waals surface area (Å²) < 4.78 is 11.1. The molecule has 0 aromatic heterocycles. The standard InChI is InChI=1S/C16H23NO5/c1-9-14(18)21-8-11-4-6-17-7-5-12(13(11)17)22-15(19)10(2)16(9,3)20/h4,9-10,12-13,20H,5-8H2,1-3H3/t9?,10-,12-,13-,16-/m1/s1. The maximum Gasteiger partial charge on any atom is 0.311 e. The first-order valence-corrected chi connectivity index (χ1v) is 7.85. The molecule has 0 saturated carbocycles. The van der Waals surface area contributed by atoms with Crippen molar-refractivity contribution in [1.29, 1.82) is 0 Å². The third-order valence-electron chi connectivity index (χ3n) is 5.52. The summed E-state index contributed by atoms with van der Waals surface area (Å²) in [6.07, 6.45) is 2.58. The second kappa shape index (κ2) is 5.35. The molecule has 2 saturated heterocycles. The lowest BCUT2D eigenvalue weighted by atomic mass is 9.80. The van der Waals surface area contributed by atoms with Crippen LogP contribution >= 0.6 is 0 Å². The average Bonchev–Trinajstić information content (AvgIpc) is 3.05. The Morgan fingerprint density at radius 1 is 1.27 bits per heavy atom. The Kier molecular flexibility index (Phi) is 3.77. The van der Waals surface area contributed by atoms with Gasteiger partial charge >= 0.3 is 11.9 Å². The molecule has 22 heavy (non-hydrogen) atoms. The number of carbonyl (C=O) groups excluding carboxylic acids is 2. The number of ether oxygens (including phenoxy) is 2. The van der Waals surface area contributed by atoms with Gasteiger partial charge in [-0.05, 0) is 32.8 Å². The highest BCUT2D eigenvalue weighted by Crippen LogP contribution is 2.35. The van der Waals surface area contributed by atoms with Gasteiger partial charge in [-0.2, -0.15) is 0 Å². The van der Waals surface area contributed by atoms with Crippen LogP contribution in [0.1, 0.15) is 27.2 Å². The predicted molar refractivity (Wildman–Crippen MR) is 77.9 cm³/mol. The van der Waals surface area contributed by atoms with E-state index in [2.05, 4.69) is 4.90 Å². The van der Waals surface area contributed by atoms with E-state index in [1.165, 1.54) is 6.92 Å². The van der Waals surface area contributed by atoms with Gasteiger partial charge in [-0.3, -0.25) is 14.5 Å². The summed E-state index contributed by atoms with van der Waals surface area (Å²) in [7, 11) is 0. The second-order valence-electron chi connectivity index (χ2n) is 6.76. The van der Waals surface area contributed by atoms with E-state index in [1.54, 1.807) is 13.8 Å². The first-order valence-electron chi connectivity index (χ1n) is 7.85. The van der Waals surface area contributed by atoms with Gasteiger partial charge in [0.25, 0.3) is 0 Å². The van der Waals surface area contributed by atoms with E-state index in [1.807, 2.05) is 6.08 Å². The van der Waals surface area contributed by atoms with Crippen molar-refractivity contribution < 1.29 is 24.2 Å². The van der Waals surface area contributed by atoms with Gasteiger partial charge in [-0.1, -0.05) is 6.08 Å². The number of aliphatic hydroxyl groups is 1. The molecule has 3 rings (SSSR count). The van der Waals surface area contributed by atoms with E-state index in [0.717, 1.165) is 25.1 Å². The monoisotopic (exact) mass is 309 g/mol. The molecule has 2 fully saturated rings. The Balaban J connectivity index is 1.92.